The fourth-order valence-corrected chi connectivity index (χ4v) is 6.27. The number of fused-ring (bicyclic) bond motifs is 2. The zero-order valence-corrected chi connectivity index (χ0v) is 31.7. The Hall–Kier alpha value is -3.12. The van der Waals surface area contributed by atoms with E-state index in [1.165, 1.54) is 24.3 Å². The van der Waals surface area contributed by atoms with Crippen molar-refractivity contribution in [2.75, 3.05) is 0 Å². The number of aryl methyl sites for hydroxylation is 2. The summed E-state index contributed by atoms with van der Waals surface area (Å²) in [6, 6.07) is 17.2. The van der Waals surface area contributed by atoms with E-state index >= 15 is 0 Å². The number of nitrogens with one attached hydrogen (secondary N) is 2. The fraction of sp³-hybridized carbons (Fsp3) is 0.176. The van der Waals surface area contributed by atoms with Crippen molar-refractivity contribution in [2.24, 2.45) is 0 Å². The van der Waals surface area contributed by atoms with E-state index < -0.39 is 42.7 Å². The first-order valence-corrected chi connectivity index (χ1v) is 17.1. The van der Waals surface area contributed by atoms with Crippen molar-refractivity contribution in [2.45, 2.75) is 38.0 Å². The monoisotopic (exact) mass is 910 g/mol. The summed E-state index contributed by atoms with van der Waals surface area (Å²) in [6.45, 7) is 3.73. The van der Waals surface area contributed by atoms with Gasteiger partial charge in [0, 0.05) is 52.9 Å². The highest BCUT2D eigenvalue weighted by molar-refractivity contribution is 9.10. The molecular formula is C34H22BBrCl4F10N2O2. The maximum Gasteiger partial charge on any atom is 0.489 e. The second-order valence-electron chi connectivity index (χ2n) is 11.7. The molecule has 0 atom stereocenters. The van der Waals surface area contributed by atoms with Gasteiger partial charge in [0.1, 0.15) is 0 Å². The van der Waals surface area contributed by atoms with Crippen LogP contribution < -0.4 is 5.46 Å². The van der Waals surface area contributed by atoms with Crippen LogP contribution in [0.4, 0.5) is 43.9 Å². The third-order valence-electron chi connectivity index (χ3n) is 7.61. The standard InChI is InChI=1S/C17H10Cl2F5N.C10H4BrClF5N.C7H8BClO2/c1-8-2-3-10(12(18)4-8)11-5-9-6-15(16(20,21)17(22,23)24)25-14(9)7-13(11)19;11-5-1-4-2-8(9(13,14)10(15,16)17)18-7(4)3-6(5)12;1-5-2-3-6(8(10)11)7(9)4-5/h2-7,25H,1H3;1-3,18H;2-4,10-11H,1H3. The van der Waals surface area contributed by atoms with Crippen LogP contribution >= 0.6 is 62.3 Å². The summed E-state index contributed by atoms with van der Waals surface area (Å²) in [6.07, 6.45) is -11.3. The van der Waals surface area contributed by atoms with Gasteiger partial charge in [0.05, 0.1) is 21.4 Å². The highest BCUT2D eigenvalue weighted by atomic mass is 79.9. The van der Waals surface area contributed by atoms with Gasteiger partial charge in [-0.1, -0.05) is 70.7 Å². The van der Waals surface area contributed by atoms with Crippen molar-refractivity contribution >= 4 is 96.7 Å². The van der Waals surface area contributed by atoms with Gasteiger partial charge in [-0.15, -0.1) is 0 Å². The average molecular weight is 913 g/mol. The van der Waals surface area contributed by atoms with Crippen LogP contribution in [-0.4, -0.2) is 39.5 Å². The quantitative estimate of drug-likeness (QED) is 0.105. The third-order valence-corrected chi connectivity index (χ3v) is 9.76. The van der Waals surface area contributed by atoms with Gasteiger partial charge < -0.3 is 20.0 Å². The van der Waals surface area contributed by atoms with E-state index in [1.54, 1.807) is 36.4 Å². The Balaban J connectivity index is 0.000000195. The van der Waals surface area contributed by atoms with E-state index in [4.69, 9.17) is 56.5 Å². The lowest BCUT2D eigenvalue weighted by molar-refractivity contribution is -0.290. The molecule has 0 fully saturated rings. The Morgan fingerprint density at radius 2 is 0.963 bits per heavy atom. The molecular weight excluding hydrogens is 891 g/mol. The highest BCUT2D eigenvalue weighted by Gasteiger charge is 2.60. The maximum atomic E-state index is 13.5. The summed E-state index contributed by atoms with van der Waals surface area (Å²) in [5.41, 5.74) is 1.01. The molecule has 0 aliphatic rings. The lowest BCUT2D eigenvalue weighted by atomic mass is 9.80. The van der Waals surface area contributed by atoms with Gasteiger partial charge >= 0.3 is 31.3 Å². The molecule has 0 unspecified atom stereocenters. The van der Waals surface area contributed by atoms with Crippen LogP contribution in [0.15, 0.2) is 77.3 Å². The van der Waals surface area contributed by atoms with Gasteiger partial charge in [0.15, 0.2) is 0 Å². The summed E-state index contributed by atoms with van der Waals surface area (Å²) in [5.74, 6) is -9.91. The Morgan fingerprint density at radius 1 is 0.537 bits per heavy atom. The number of aromatic nitrogens is 2. The minimum absolute atomic E-state index is 0.0795. The summed E-state index contributed by atoms with van der Waals surface area (Å²) in [7, 11) is -1.48. The first-order valence-electron chi connectivity index (χ1n) is 14.8. The van der Waals surface area contributed by atoms with Gasteiger partial charge in [0.2, 0.25) is 0 Å². The molecule has 2 heterocycles. The lowest BCUT2D eigenvalue weighted by Crippen LogP contribution is -2.33. The van der Waals surface area contributed by atoms with Crippen molar-refractivity contribution in [3.8, 4) is 11.1 Å². The first kappa shape index (κ1) is 43.6. The molecule has 4 aromatic carbocycles. The van der Waals surface area contributed by atoms with Crippen LogP contribution in [0.3, 0.4) is 0 Å². The minimum atomic E-state index is -5.69. The fourth-order valence-electron chi connectivity index (χ4n) is 4.81. The van der Waals surface area contributed by atoms with Gasteiger partial charge in [-0.05, 0) is 89.4 Å². The predicted octanol–water partition coefficient (Wildman–Crippen LogP) is 12.7. The van der Waals surface area contributed by atoms with Crippen molar-refractivity contribution in [1.29, 1.82) is 0 Å². The predicted molar refractivity (Wildman–Crippen MR) is 195 cm³/mol. The molecule has 2 aromatic heterocycles. The number of halogens is 15. The first-order chi connectivity index (χ1) is 24.7. The van der Waals surface area contributed by atoms with Crippen LogP contribution in [0.5, 0.6) is 0 Å². The van der Waals surface area contributed by atoms with E-state index in [-0.39, 0.29) is 31.9 Å². The van der Waals surface area contributed by atoms with Crippen LogP contribution in [0.2, 0.25) is 20.1 Å². The van der Waals surface area contributed by atoms with Gasteiger partial charge in [-0.25, -0.2) is 0 Å². The Labute approximate surface area is 328 Å². The Morgan fingerprint density at radius 3 is 1.41 bits per heavy atom. The zero-order valence-electron chi connectivity index (χ0n) is 27.1. The van der Waals surface area contributed by atoms with Crippen molar-refractivity contribution in [3.05, 3.63) is 120 Å². The van der Waals surface area contributed by atoms with Gasteiger partial charge in [-0.2, -0.15) is 43.9 Å². The average Bonchev–Trinajstić information content (AvgIpc) is 3.65. The molecule has 0 aliphatic heterocycles. The molecule has 0 aliphatic carbocycles. The largest absolute Gasteiger partial charge is 0.489 e. The number of rotatable bonds is 4. The van der Waals surface area contributed by atoms with Crippen LogP contribution in [0.1, 0.15) is 22.5 Å². The zero-order chi connectivity index (χ0) is 40.7. The molecule has 0 saturated heterocycles. The number of hydrogen-bond donors (Lipinski definition) is 4. The minimum Gasteiger partial charge on any atom is -0.423 e. The molecule has 0 spiro atoms. The van der Waals surface area contributed by atoms with Gasteiger partial charge in [0.25, 0.3) is 0 Å². The van der Waals surface area contributed by atoms with E-state index in [1.807, 2.05) is 18.8 Å². The molecule has 288 valence electrons. The molecule has 4 N–H and O–H groups in total. The van der Waals surface area contributed by atoms with E-state index in [2.05, 4.69) is 20.9 Å². The third kappa shape index (κ3) is 9.45. The maximum absolute atomic E-state index is 13.5. The normalized spacial score (nSPS) is 12.4. The lowest BCUT2D eigenvalue weighted by Gasteiger charge is -2.17. The molecule has 0 radical (unpaired) electrons. The van der Waals surface area contributed by atoms with E-state index in [9.17, 15) is 43.9 Å². The Kier molecular flexibility index (Phi) is 13.1. The van der Waals surface area contributed by atoms with Gasteiger partial charge in [-0.3, -0.25) is 0 Å². The number of hydrogen-bond acceptors (Lipinski definition) is 2. The molecule has 6 aromatic rings. The molecule has 0 amide bonds. The van der Waals surface area contributed by atoms with Crippen molar-refractivity contribution < 1.29 is 54.0 Å². The van der Waals surface area contributed by atoms with E-state index in [0.29, 0.717) is 31.1 Å². The number of H-pyrrole nitrogens is 2. The number of alkyl halides is 10. The molecule has 0 bridgehead atoms. The summed E-state index contributed by atoms with van der Waals surface area (Å²) in [4.78, 5) is 4.13. The van der Waals surface area contributed by atoms with Crippen molar-refractivity contribution in [3.63, 3.8) is 0 Å². The summed E-state index contributed by atoms with van der Waals surface area (Å²) >= 11 is 26.9. The number of benzene rings is 4. The Bertz CT molecular complexity index is 2270. The molecule has 54 heavy (non-hydrogen) atoms. The highest BCUT2D eigenvalue weighted by Crippen LogP contribution is 2.46. The smallest absolute Gasteiger partial charge is 0.423 e. The molecule has 0 saturated carbocycles. The van der Waals surface area contributed by atoms with Crippen molar-refractivity contribution in [1.82, 2.24) is 9.97 Å². The van der Waals surface area contributed by atoms with Crippen LogP contribution in [0.25, 0.3) is 32.9 Å². The topological polar surface area (TPSA) is 72.0 Å². The second-order valence-corrected chi connectivity index (χ2v) is 14.1. The van der Waals surface area contributed by atoms with E-state index in [0.717, 1.165) is 23.3 Å². The molecule has 6 rings (SSSR count). The summed E-state index contributed by atoms with van der Waals surface area (Å²) < 4.78 is 128. The second kappa shape index (κ2) is 16.2. The SMILES string of the molecule is Cc1ccc(-c2cc3cc(C(F)(F)C(F)(F)F)[nH]c3cc2Cl)c(Cl)c1.Cc1ccc(B(O)O)c(Cl)c1.FC(F)(F)C(F)(F)c1cc2cc(Br)c(Cl)cc2[nH]1. The molecule has 4 nitrogen and oxygen atoms in total. The molecule has 20 heteroatoms. The van der Waals surface area contributed by atoms with Crippen LogP contribution in [0, 0.1) is 13.8 Å². The number of aromatic amines is 2. The summed E-state index contributed by atoms with van der Waals surface area (Å²) in [5, 5.41) is 19.1. The van der Waals surface area contributed by atoms with Crippen LogP contribution in [-0.2, 0) is 11.8 Å².